The van der Waals surface area contributed by atoms with E-state index < -0.39 is 0 Å². The summed E-state index contributed by atoms with van der Waals surface area (Å²) in [6.07, 6.45) is 2.59. The summed E-state index contributed by atoms with van der Waals surface area (Å²) in [4.78, 5) is 8.50. The molecule has 0 amide bonds. The smallest absolute Gasteiger partial charge is 0.136 e. The number of aromatic nitrogens is 2. The Balaban J connectivity index is 1.89. The molecule has 0 bridgehead atoms. The third kappa shape index (κ3) is 2.11. The summed E-state index contributed by atoms with van der Waals surface area (Å²) in [6, 6.07) is 9.75. The average Bonchev–Trinajstić information content (AvgIpc) is 2.38. The van der Waals surface area contributed by atoms with Gasteiger partial charge in [-0.15, -0.1) is 0 Å². The van der Waals surface area contributed by atoms with E-state index in [1.807, 2.05) is 18.2 Å². The van der Waals surface area contributed by atoms with Gasteiger partial charge >= 0.3 is 0 Å². The molecule has 0 spiro atoms. The zero-order chi connectivity index (χ0) is 11.7. The van der Waals surface area contributed by atoms with E-state index in [1.165, 1.54) is 5.56 Å². The fourth-order valence-corrected chi connectivity index (χ4v) is 2.18. The van der Waals surface area contributed by atoms with Gasteiger partial charge in [-0.25, -0.2) is 9.97 Å². The Kier molecular flexibility index (Phi) is 2.69. The molecule has 4 heteroatoms. The molecular formula is C13H11ClN2O. The second-order valence-corrected chi connectivity index (χ2v) is 4.44. The summed E-state index contributed by atoms with van der Waals surface area (Å²) in [7, 11) is 0. The predicted octanol–water partition coefficient (Wildman–Crippen LogP) is 2.85. The van der Waals surface area contributed by atoms with E-state index in [4.69, 9.17) is 16.3 Å². The third-order valence-corrected chi connectivity index (χ3v) is 3.09. The van der Waals surface area contributed by atoms with E-state index in [0.717, 1.165) is 18.0 Å². The molecule has 3 nitrogen and oxygen atoms in total. The van der Waals surface area contributed by atoms with Gasteiger partial charge in [0.1, 0.15) is 16.7 Å². The molecule has 0 saturated carbocycles. The first-order chi connectivity index (χ1) is 8.33. The maximum atomic E-state index is 5.87. The van der Waals surface area contributed by atoms with Crippen LogP contribution in [0.25, 0.3) is 0 Å². The monoisotopic (exact) mass is 246 g/mol. The van der Waals surface area contributed by atoms with Crippen molar-refractivity contribution in [3.05, 3.63) is 53.1 Å². The van der Waals surface area contributed by atoms with Crippen LogP contribution in [0.1, 0.15) is 17.3 Å². The average molecular weight is 247 g/mol. The second kappa shape index (κ2) is 4.34. The van der Waals surface area contributed by atoms with E-state index >= 15 is 0 Å². The number of ether oxygens (including phenoxy) is 1. The van der Waals surface area contributed by atoms with Gasteiger partial charge in [0.05, 0.1) is 12.5 Å². The number of para-hydroxylation sites is 1. The van der Waals surface area contributed by atoms with Crippen molar-refractivity contribution in [3.8, 4) is 5.75 Å². The number of rotatable bonds is 1. The second-order valence-electron chi connectivity index (χ2n) is 4.06. The Hall–Kier alpha value is -1.61. The fraction of sp³-hybridized carbons (Fsp3) is 0.231. The highest BCUT2D eigenvalue weighted by molar-refractivity contribution is 6.29. The highest BCUT2D eigenvalue weighted by atomic mass is 35.5. The molecule has 2 aromatic rings. The Labute approximate surface area is 104 Å². The molecule has 0 aliphatic carbocycles. The van der Waals surface area contributed by atoms with Crippen LogP contribution >= 0.6 is 11.6 Å². The standard InChI is InChI=1S/C13H11ClN2O/c14-12-5-6-15-13(16-12)10-7-9-3-1-2-4-11(9)17-8-10/h1-6,10H,7-8H2. The Morgan fingerprint density at radius 1 is 1.24 bits per heavy atom. The lowest BCUT2D eigenvalue weighted by Crippen LogP contribution is -2.21. The van der Waals surface area contributed by atoms with Crippen molar-refractivity contribution in [2.24, 2.45) is 0 Å². The molecule has 1 atom stereocenters. The van der Waals surface area contributed by atoms with Crippen LogP contribution in [0.5, 0.6) is 5.75 Å². The summed E-state index contributed by atoms with van der Waals surface area (Å²) in [5, 5.41) is 0.480. The maximum absolute atomic E-state index is 5.87. The number of halogens is 1. The molecule has 1 unspecified atom stereocenters. The van der Waals surface area contributed by atoms with Gasteiger partial charge in [-0.2, -0.15) is 0 Å². The van der Waals surface area contributed by atoms with Gasteiger partial charge in [0.25, 0.3) is 0 Å². The molecule has 0 N–H and O–H groups in total. The SMILES string of the molecule is Clc1ccnc(C2COc3ccccc3C2)n1. The predicted molar refractivity (Wildman–Crippen MR) is 65.4 cm³/mol. The first-order valence-corrected chi connectivity index (χ1v) is 5.90. The van der Waals surface area contributed by atoms with Crippen LogP contribution in [0.2, 0.25) is 5.15 Å². The summed E-state index contributed by atoms with van der Waals surface area (Å²) < 4.78 is 5.71. The third-order valence-electron chi connectivity index (χ3n) is 2.88. The summed E-state index contributed by atoms with van der Waals surface area (Å²) in [5.74, 6) is 1.90. The van der Waals surface area contributed by atoms with Gasteiger partial charge in [0.2, 0.25) is 0 Å². The lowest BCUT2D eigenvalue weighted by atomic mass is 9.96. The molecule has 1 aliphatic rings. The molecule has 3 rings (SSSR count). The van der Waals surface area contributed by atoms with E-state index in [1.54, 1.807) is 12.3 Å². The van der Waals surface area contributed by atoms with Gasteiger partial charge in [0.15, 0.2) is 0 Å². The fourth-order valence-electron chi connectivity index (χ4n) is 2.04. The van der Waals surface area contributed by atoms with Crippen molar-refractivity contribution in [2.75, 3.05) is 6.61 Å². The number of benzene rings is 1. The van der Waals surface area contributed by atoms with Crippen molar-refractivity contribution in [1.29, 1.82) is 0 Å². The molecule has 86 valence electrons. The zero-order valence-electron chi connectivity index (χ0n) is 9.14. The topological polar surface area (TPSA) is 35.0 Å². The van der Waals surface area contributed by atoms with Crippen molar-refractivity contribution >= 4 is 11.6 Å². The van der Waals surface area contributed by atoms with Crippen LogP contribution in [0.15, 0.2) is 36.5 Å². The first kappa shape index (κ1) is 10.5. The molecule has 0 fully saturated rings. The van der Waals surface area contributed by atoms with E-state index in [0.29, 0.717) is 11.8 Å². The van der Waals surface area contributed by atoms with Crippen LogP contribution in [0.3, 0.4) is 0 Å². The minimum absolute atomic E-state index is 0.184. The summed E-state index contributed by atoms with van der Waals surface area (Å²) in [6.45, 7) is 0.608. The van der Waals surface area contributed by atoms with Crippen LogP contribution in [0.4, 0.5) is 0 Å². The molecule has 1 aliphatic heterocycles. The zero-order valence-corrected chi connectivity index (χ0v) is 9.89. The number of hydrogen-bond acceptors (Lipinski definition) is 3. The molecular weight excluding hydrogens is 236 g/mol. The Bertz CT molecular complexity index is 544. The summed E-state index contributed by atoms with van der Waals surface area (Å²) in [5.41, 5.74) is 1.20. The van der Waals surface area contributed by atoms with Crippen molar-refractivity contribution in [1.82, 2.24) is 9.97 Å². The minimum atomic E-state index is 0.184. The Morgan fingerprint density at radius 2 is 2.12 bits per heavy atom. The summed E-state index contributed by atoms with van der Waals surface area (Å²) >= 11 is 5.87. The van der Waals surface area contributed by atoms with E-state index in [2.05, 4.69) is 16.0 Å². The highest BCUT2D eigenvalue weighted by Crippen LogP contribution is 2.30. The van der Waals surface area contributed by atoms with E-state index in [9.17, 15) is 0 Å². The lowest BCUT2D eigenvalue weighted by molar-refractivity contribution is 0.257. The highest BCUT2D eigenvalue weighted by Gasteiger charge is 2.23. The number of nitrogens with zero attached hydrogens (tertiary/aromatic N) is 2. The minimum Gasteiger partial charge on any atom is -0.493 e. The van der Waals surface area contributed by atoms with Crippen LogP contribution in [-0.4, -0.2) is 16.6 Å². The molecule has 0 saturated heterocycles. The van der Waals surface area contributed by atoms with Gasteiger partial charge in [-0.05, 0) is 24.1 Å². The number of hydrogen-bond donors (Lipinski definition) is 0. The van der Waals surface area contributed by atoms with Crippen LogP contribution in [0, 0.1) is 0 Å². The maximum Gasteiger partial charge on any atom is 0.136 e. The molecule has 2 heterocycles. The van der Waals surface area contributed by atoms with E-state index in [-0.39, 0.29) is 5.92 Å². The molecule has 17 heavy (non-hydrogen) atoms. The Morgan fingerprint density at radius 3 is 3.00 bits per heavy atom. The quantitative estimate of drug-likeness (QED) is 0.726. The molecule has 1 aromatic carbocycles. The van der Waals surface area contributed by atoms with Crippen molar-refractivity contribution < 1.29 is 4.74 Å². The van der Waals surface area contributed by atoms with Gasteiger partial charge in [-0.3, -0.25) is 0 Å². The van der Waals surface area contributed by atoms with Crippen LogP contribution < -0.4 is 4.74 Å². The van der Waals surface area contributed by atoms with Crippen LogP contribution in [-0.2, 0) is 6.42 Å². The van der Waals surface area contributed by atoms with Gasteiger partial charge < -0.3 is 4.74 Å². The van der Waals surface area contributed by atoms with Gasteiger partial charge in [0, 0.05) is 6.20 Å². The molecule has 0 radical (unpaired) electrons. The first-order valence-electron chi connectivity index (χ1n) is 5.52. The van der Waals surface area contributed by atoms with Gasteiger partial charge in [-0.1, -0.05) is 29.8 Å². The normalized spacial score (nSPS) is 18.3. The van der Waals surface area contributed by atoms with Crippen molar-refractivity contribution in [3.63, 3.8) is 0 Å². The van der Waals surface area contributed by atoms with Crippen molar-refractivity contribution in [2.45, 2.75) is 12.3 Å². The largest absolute Gasteiger partial charge is 0.493 e. The lowest BCUT2D eigenvalue weighted by Gasteiger charge is -2.24. The number of fused-ring (bicyclic) bond motifs is 1. The molecule has 1 aromatic heterocycles.